The molecular weight excluding hydrogens is 334 g/mol. The Morgan fingerprint density at radius 1 is 1.16 bits per heavy atom. The summed E-state index contributed by atoms with van der Waals surface area (Å²) in [7, 11) is 1.75. The average molecular weight is 349 g/mol. The molecule has 0 aliphatic rings. The Morgan fingerprint density at radius 2 is 2.00 bits per heavy atom. The van der Waals surface area contributed by atoms with Gasteiger partial charge in [-0.25, -0.2) is 4.98 Å². The van der Waals surface area contributed by atoms with Gasteiger partial charge in [0.25, 0.3) is 5.91 Å². The predicted octanol–water partition coefficient (Wildman–Crippen LogP) is 4.22. The van der Waals surface area contributed by atoms with E-state index in [0.29, 0.717) is 17.9 Å². The summed E-state index contributed by atoms with van der Waals surface area (Å²) in [6.07, 6.45) is 0. The van der Waals surface area contributed by atoms with Crippen LogP contribution in [0.3, 0.4) is 0 Å². The highest BCUT2D eigenvalue weighted by atomic mass is 32.1. The van der Waals surface area contributed by atoms with E-state index in [1.54, 1.807) is 23.5 Å². The van der Waals surface area contributed by atoms with Crippen molar-refractivity contribution in [2.45, 2.75) is 6.54 Å². The lowest BCUT2D eigenvalue weighted by Gasteiger charge is -2.15. The Morgan fingerprint density at radius 3 is 2.84 bits per heavy atom. The highest BCUT2D eigenvalue weighted by Gasteiger charge is 2.16. The minimum atomic E-state index is -0.0621. The van der Waals surface area contributed by atoms with Gasteiger partial charge in [0.05, 0.1) is 22.3 Å². The number of hydrogen-bond acceptors (Lipinski definition) is 5. The predicted molar refractivity (Wildman–Crippen MR) is 97.4 cm³/mol. The van der Waals surface area contributed by atoms with Gasteiger partial charge >= 0.3 is 0 Å². The van der Waals surface area contributed by atoms with E-state index in [2.05, 4.69) is 10.1 Å². The number of carbonyl (C=O) groups is 1. The first-order chi connectivity index (χ1) is 12.2. The maximum absolute atomic E-state index is 12.6. The van der Waals surface area contributed by atoms with Crippen LogP contribution in [0, 0.1) is 0 Å². The van der Waals surface area contributed by atoms with E-state index < -0.39 is 0 Å². The van der Waals surface area contributed by atoms with Gasteiger partial charge in [0.15, 0.2) is 5.76 Å². The Labute approximate surface area is 148 Å². The fourth-order valence-electron chi connectivity index (χ4n) is 2.65. The van der Waals surface area contributed by atoms with Crippen molar-refractivity contribution in [3.63, 3.8) is 0 Å². The van der Waals surface area contributed by atoms with Gasteiger partial charge in [-0.15, -0.1) is 11.3 Å². The van der Waals surface area contributed by atoms with Gasteiger partial charge in [-0.2, -0.15) is 0 Å². The summed E-state index contributed by atoms with van der Waals surface area (Å²) in [4.78, 5) is 18.5. The highest BCUT2D eigenvalue weighted by Crippen LogP contribution is 2.22. The molecule has 0 fully saturated rings. The van der Waals surface area contributed by atoms with Crippen molar-refractivity contribution in [3.8, 4) is 11.3 Å². The van der Waals surface area contributed by atoms with E-state index in [4.69, 9.17) is 4.52 Å². The lowest BCUT2D eigenvalue weighted by molar-refractivity contribution is 0.0772. The second-order valence-electron chi connectivity index (χ2n) is 5.74. The van der Waals surface area contributed by atoms with Gasteiger partial charge in [-0.05, 0) is 18.2 Å². The van der Waals surface area contributed by atoms with Crippen molar-refractivity contribution >= 4 is 27.5 Å². The van der Waals surface area contributed by atoms with E-state index >= 15 is 0 Å². The van der Waals surface area contributed by atoms with Crippen molar-refractivity contribution < 1.29 is 9.32 Å². The lowest BCUT2D eigenvalue weighted by Crippen LogP contribution is -2.25. The number of thiazole rings is 1. The molecule has 4 rings (SSSR count). The topological polar surface area (TPSA) is 59.2 Å². The molecule has 0 spiro atoms. The van der Waals surface area contributed by atoms with Crippen LogP contribution in [0.2, 0.25) is 0 Å². The van der Waals surface area contributed by atoms with Crippen molar-refractivity contribution in [3.05, 3.63) is 71.4 Å². The minimum Gasteiger partial charge on any atom is -0.359 e. The van der Waals surface area contributed by atoms with Crippen molar-refractivity contribution in [1.82, 2.24) is 15.0 Å². The largest absolute Gasteiger partial charge is 0.359 e. The van der Waals surface area contributed by atoms with Crippen LogP contribution in [0.4, 0.5) is 0 Å². The smallest absolute Gasteiger partial charge is 0.254 e. The summed E-state index contributed by atoms with van der Waals surface area (Å²) in [6, 6.07) is 17.2. The van der Waals surface area contributed by atoms with Gasteiger partial charge < -0.3 is 9.42 Å². The normalized spacial score (nSPS) is 10.9. The van der Waals surface area contributed by atoms with E-state index in [9.17, 15) is 4.79 Å². The van der Waals surface area contributed by atoms with Gasteiger partial charge in [0.2, 0.25) is 0 Å². The zero-order chi connectivity index (χ0) is 17.2. The zero-order valence-electron chi connectivity index (χ0n) is 13.5. The molecule has 0 bridgehead atoms. The number of rotatable bonds is 4. The molecule has 0 N–H and O–H groups in total. The summed E-state index contributed by atoms with van der Waals surface area (Å²) in [5.74, 6) is 0.585. The highest BCUT2D eigenvalue weighted by molar-refractivity contribution is 7.16. The van der Waals surface area contributed by atoms with Gasteiger partial charge in [-0.3, -0.25) is 4.79 Å². The number of amides is 1. The Balaban J connectivity index is 1.50. The maximum Gasteiger partial charge on any atom is 0.254 e. The molecule has 0 unspecified atom stereocenters. The third-order valence-corrected chi connectivity index (χ3v) is 4.74. The van der Waals surface area contributed by atoms with Gasteiger partial charge in [0, 0.05) is 24.2 Å². The number of benzene rings is 2. The van der Waals surface area contributed by atoms with Crippen LogP contribution >= 0.6 is 11.3 Å². The average Bonchev–Trinajstić information content (AvgIpc) is 3.30. The standard InChI is InChI=1S/C19H15N3O2S/c1-22(19(23)14-7-8-16-18(9-14)25-12-20-16)11-15-10-17(21-24-15)13-5-3-2-4-6-13/h2-10,12H,11H2,1H3. The quantitative estimate of drug-likeness (QED) is 0.553. The van der Waals surface area contributed by atoms with Crippen molar-refractivity contribution in [2.24, 2.45) is 0 Å². The third-order valence-electron chi connectivity index (χ3n) is 3.95. The monoisotopic (exact) mass is 349 g/mol. The van der Waals surface area contributed by atoms with Crippen LogP contribution in [0.1, 0.15) is 16.1 Å². The lowest BCUT2D eigenvalue weighted by atomic mass is 10.1. The Hall–Kier alpha value is -2.99. The summed E-state index contributed by atoms with van der Waals surface area (Å²) in [5.41, 5.74) is 5.08. The second kappa shape index (κ2) is 6.49. The summed E-state index contributed by atoms with van der Waals surface area (Å²) < 4.78 is 6.39. The molecule has 5 nitrogen and oxygen atoms in total. The van der Waals surface area contributed by atoms with Crippen molar-refractivity contribution in [2.75, 3.05) is 7.05 Å². The molecule has 124 valence electrons. The van der Waals surface area contributed by atoms with Gasteiger partial charge in [0.1, 0.15) is 5.69 Å². The van der Waals surface area contributed by atoms with E-state index in [1.165, 1.54) is 11.3 Å². The van der Waals surface area contributed by atoms with E-state index in [0.717, 1.165) is 21.5 Å². The van der Waals surface area contributed by atoms with Crippen LogP contribution in [0.25, 0.3) is 21.5 Å². The van der Waals surface area contributed by atoms with Gasteiger partial charge in [-0.1, -0.05) is 35.5 Å². The van der Waals surface area contributed by atoms with Crippen LogP contribution in [-0.2, 0) is 6.54 Å². The second-order valence-corrected chi connectivity index (χ2v) is 6.63. The zero-order valence-corrected chi connectivity index (χ0v) is 14.4. The molecule has 1 amide bonds. The van der Waals surface area contributed by atoms with E-state index in [-0.39, 0.29) is 5.91 Å². The molecule has 0 radical (unpaired) electrons. The van der Waals surface area contributed by atoms with Crippen LogP contribution in [0.5, 0.6) is 0 Å². The molecule has 6 heteroatoms. The Kier molecular flexibility index (Phi) is 4.03. The molecule has 25 heavy (non-hydrogen) atoms. The molecular formula is C19H15N3O2S. The molecule has 2 aromatic carbocycles. The molecule has 2 heterocycles. The molecule has 2 aromatic heterocycles. The number of hydrogen-bond donors (Lipinski definition) is 0. The number of carbonyl (C=O) groups excluding carboxylic acids is 1. The summed E-state index contributed by atoms with van der Waals surface area (Å²) in [5, 5.41) is 4.09. The molecule has 0 atom stereocenters. The number of nitrogens with zero attached hydrogens (tertiary/aromatic N) is 3. The fourth-order valence-corrected chi connectivity index (χ4v) is 3.36. The molecule has 0 saturated heterocycles. The molecule has 0 aliphatic carbocycles. The molecule has 0 aliphatic heterocycles. The first-order valence-corrected chi connectivity index (χ1v) is 8.68. The van der Waals surface area contributed by atoms with Crippen LogP contribution < -0.4 is 0 Å². The molecule has 4 aromatic rings. The summed E-state index contributed by atoms with van der Waals surface area (Å²) in [6.45, 7) is 0.361. The summed E-state index contributed by atoms with van der Waals surface area (Å²) >= 11 is 1.53. The first-order valence-electron chi connectivity index (χ1n) is 7.80. The first kappa shape index (κ1) is 15.5. The number of fused-ring (bicyclic) bond motifs is 1. The minimum absolute atomic E-state index is 0.0621. The van der Waals surface area contributed by atoms with Crippen LogP contribution in [0.15, 0.2) is 64.6 Å². The van der Waals surface area contributed by atoms with E-state index in [1.807, 2.05) is 48.5 Å². The number of aromatic nitrogens is 2. The molecule has 0 saturated carbocycles. The Bertz CT molecular complexity index is 1020. The van der Waals surface area contributed by atoms with Crippen molar-refractivity contribution in [1.29, 1.82) is 0 Å². The third kappa shape index (κ3) is 3.16. The SMILES string of the molecule is CN(Cc1cc(-c2ccccc2)no1)C(=O)c1ccc2ncsc2c1. The van der Waals surface area contributed by atoms with Crippen LogP contribution in [-0.4, -0.2) is 28.0 Å². The fraction of sp³-hybridized carbons (Fsp3) is 0.105. The maximum atomic E-state index is 12.6.